The van der Waals surface area contributed by atoms with Gasteiger partial charge in [0.05, 0.1) is 5.56 Å². The average Bonchev–Trinajstić information content (AvgIpc) is 2.40. The Labute approximate surface area is 115 Å². The van der Waals surface area contributed by atoms with E-state index in [9.17, 15) is 9.18 Å². The summed E-state index contributed by atoms with van der Waals surface area (Å²) in [7, 11) is 0. The highest BCUT2D eigenvalue weighted by atomic mass is 35.5. The Morgan fingerprint density at radius 1 is 1.26 bits per heavy atom. The van der Waals surface area contributed by atoms with Crippen LogP contribution in [0.2, 0.25) is 5.02 Å². The van der Waals surface area contributed by atoms with E-state index in [4.69, 9.17) is 17.3 Å². The van der Waals surface area contributed by atoms with E-state index in [1.165, 1.54) is 12.1 Å². The summed E-state index contributed by atoms with van der Waals surface area (Å²) in [4.78, 5) is 11.9. The summed E-state index contributed by atoms with van der Waals surface area (Å²) < 4.78 is 13.5. The van der Waals surface area contributed by atoms with Crippen LogP contribution < -0.4 is 11.1 Å². The van der Waals surface area contributed by atoms with Crippen molar-refractivity contribution in [3.05, 3.63) is 64.4 Å². The fourth-order valence-corrected chi connectivity index (χ4v) is 1.81. The van der Waals surface area contributed by atoms with E-state index in [1.54, 1.807) is 18.2 Å². The number of para-hydroxylation sites is 1. The molecule has 2 aromatic carbocycles. The molecule has 0 radical (unpaired) electrons. The highest BCUT2D eigenvalue weighted by Crippen LogP contribution is 2.15. The largest absolute Gasteiger partial charge is 0.398 e. The third kappa shape index (κ3) is 3.23. The molecule has 0 spiro atoms. The van der Waals surface area contributed by atoms with Gasteiger partial charge < -0.3 is 11.1 Å². The summed E-state index contributed by atoms with van der Waals surface area (Å²) in [5, 5.41) is 2.92. The van der Waals surface area contributed by atoms with E-state index < -0.39 is 11.7 Å². The first-order valence-corrected chi connectivity index (χ1v) is 6.02. The minimum absolute atomic E-state index is 0.0815. The lowest BCUT2D eigenvalue weighted by Crippen LogP contribution is -2.24. The lowest BCUT2D eigenvalue weighted by Gasteiger charge is -2.08. The zero-order valence-electron chi connectivity index (χ0n) is 9.99. The number of hydrogen-bond donors (Lipinski definition) is 2. The molecule has 0 atom stereocenters. The Morgan fingerprint density at radius 2 is 2.00 bits per heavy atom. The second kappa shape index (κ2) is 5.71. The summed E-state index contributed by atoms with van der Waals surface area (Å²) >= 11 is 5.74. The second-order valence-corrected chi connectivity index (χ2v) is 4.44. The van der Waals surface area contributed by atoms with Gasteiger partial charge in [-0.15, -0.1) is 0 Å². The Balaban J connectivity index is 2.10. The molecule has 98 valence electrons. The first-order valence-electron chi connectivity index (χ1n) is 5.64. The molecule has 1 amide bonds. The molecule has 0 aromatic heterocycles. The predicted octanol–water partition coefficient (Wildman–Crippen LogP) is 2.99. The Bertz CT molecular complexity index is 616. The van der Waals surface area contributed by atoms with Crippen LogP contribution in [0.25, 0.3) is 0 Å². The molecule has 19 heavy (non-hydrogen) atoms. The molecule has 0 heterocycles. The van der Waals surface area contributed by atoms with Crippen molar-refractivity contribution < 1.29 is 9.18 Å². The summed E-state index contributed by atoms with van der Waals surface area (Å²) in [5.74, 6) is -1.13. The average molecular weight is 279 g/mol. The Morgan fingerprint density at radius 3 is 2.74 bits per heavy atom. The lowest BCUT2D eigenvalue weighted by atomic mass is 10.1. The lowest BCUT2D eigenvalue weighted by molar-refractivity contribution is 0.0947. The molecule has 2 aromatic rings. The van der Waals surface area contributed by atoms with Crippen LogP contribution in [-0.2, 0) is 6.54 Å². The summed E-state index contributed by atoms with van der Waals surface area (Å²) in [6.45, 7) is 0.234. The number of nitrogens with one attached hydrogen (secondary N) is 1. The first kappa shape index (κ1) is 13.4. The number of anilines is 1. The van der Waals surface area contributed by atoms with E-state index >= 15 is 0 Å². The van der Waals surface area contributed by atoms with Gasteiger partial charge in [0.1, 0.15) is 5.82 Å². The van der Waals surface area contributed by atoms with Crippen molar-refractivity contribution in [1.82, 2.24) is 5.32 Å². The van der Waals surface area contributed by atoms with E-state index in [2.05, 4.69) is 5.32 Å². The van der Waals surface area contributed by atoms with E-state index in [0.717, 1.165) is 11.6 Å². The van der Waals surface area contributed by atoms with Gasteiger partial charge in [-0.25, -0.2) is 4.39 Å². The van der Waals surface area contributed by atoms with Crippen LogP contribution in [0.1, 0.15) is 15.9 Å². The number of carbonyl (C=O) groups is 1. The van der Waals surface area contributed by atoms with E-state index in [1.807, 2.05) is 6.07 Å². The number of rotatable bonds is 3. The van der Waals surface area contributed by atoms with Gasteiger partial charge in [0, 0.05) is 17.3 Å². The quantitative estimate of drug-likeness (QED) is 0.848. The van der Waals surface area contributed by atoms with Crippen LogP contribution in [0.15, 0.2) is 42.5 Å². The highest BCUT2D eigenvalue weighted by molar-refractivity contribution is 6.31. The molecular weight excluding hydrogens is 267 g/mol. The molecule has 3 N–H and O–H groups in total. The summed E-state index contributed by atoms with van der Waals surface area (Å²) in [6, 6.07) is 11.0. The maximum atomic E-state index is 13.5. The second-order valence-electron chi connectivity index (χ2n) is 4.01. The number of nitrogen functional groups attached to an aromatic ring is 1. The van der Waals surface area contributed by atoms with Crippen molar-refractivity contribution in [1.29, 1.82) is 0 Å². The van der Waals surface area contributed by atoms with Crippen LogP contribution in [0, 0.1) is 5.82 Å². The molecule has 0 aliphatic rings. The van der Waals surface area contributed by atoms with Crippen LogP contribution >= 0.6 is 11.6 Å². The predicted molar refractivity (Wildman–Crippen MR) is 73.4 cm³/mol. The van der Waals surface area contributed by atoms with Crippen molar-refractivity contribution in [3.63, 3.8) is 0 Å². The number of benzene rings is 2. The number of amides is 1. The normalized spacial score (nSPS) is 10.2. The van der Waals surface area contributed by atoms with Crippen molar-refractivity contribution in [2.45, 2.75) is 6.54 Å². The minimum atomic E-state index is -0.608. The molecule has 5 heteroatoms. The smallest absolute Gasteiger partial charge is 0.254 e. The van der Waals surface area contributed by atoms with Crippen LogP contribution in [0.5, 0.6) is 0 Å². The SMILES string of the molecule is Nc1ccccc1CNC(=O)c1cc(Cl)ccc1F. The molecule has 0 aliphatic heterocycles. The molecule has 0 bridgehead atoms. The third-order valence-corrected chi connectivity index (χ3v) is 2.90. The van der Waals surface area contributed by atoms with Gasteiger partial charge >= 0.3 is 0 Å². The van der Waals surface area contributed by atoms with Gasteiger partial charge in [-0.1, -0.05) is 29.8 Å². The number of nitrogens with two attached hydrogens (primary N) is 1. The summed E-state index contributed by atoms with van der Waals surface area (Å²) in [6.07, 6.45) is 0. The zero-order valence-corrected chi connectivity index (χ0v) is 10.7. The van der Waals surface area contributed by atoms with Gasteiger partial charge in [0.15, 0.2) is 0 Å². The fourth-order valence-electron chi connectivity index (χ4n) is 1.64. The zero-order chi connectivity index (χ0) is 13.8. The topological polar surface area (TPSA) is 55.1 Å². The number of halogens is 2. The molecule has 0 aliphatic carbocycles. The summed E-state index contributed by atoms with van der Waals surface area (Å²) in [5.41, 5.74) is 7.03. The molecule has 0 fully saturated rings. The Hall–Kier alpha value is -2.07. The molecule has 0 unspecified atom stereocenters. The van der Waals surface area contributed by atoms with Gasteiger partial charge in [0.2, 0.25) is 0 Å². The fraction of sp³-hybridized carbons (Fsp3) is 0.0714. The molecule has 2 rings (SSSR count). The first-order chi connectivity index (χ1) is 9.08. The monoisotopic (exact) mass is 278 g/mol. The van der Waals surface area contributed by atoms with Gasteiger partial charge in [-0.2, -0.15) is 0 Å². The van der Waals surface area contributed by atoms with Crippen molar-refractivity contribution in [3.8, 4) is 0 Å². The minimum Gasteiger partial charge on any atom is -0.398 e. The number of hydrogen-bond acceptors (Lipinski definition) is 2. The van der Waals surface area contributed by atoms with Crippen LogP contribution in [0.3, 0.4) is 0 Å². The van der Waals surface area contributed by atoms with Gasteiger partial charge in [0.25, 0.3) is 5.91 Å². The van der Waals surface area contributed by atoms with Gasteiger partial charge in [-0.05, 0) is 29.8 Å². The Kier molecular flexibility index (Phi) is 4.02. The molecule has 0 saturated carbocycles. The standard InChI is InChI=1S/C14H12ClFN2O/c15-10-5-6-12(16)11(7-10)14(19)18-8-9-3-1-2-4-13(9)17/h1-7H,8,17H2,(H,18,19). The van der Waals surface area contributed by atoms with Gasteiger partial charge in [-0.3, -0.25) is 4.79 Å². The third-order valence-electron chi connectivity index (χ3n) is 2.67. The van der Waals surface area contributed by atoms with Crippen molar-refractivity contribution in [2.75, 3.05) is 5.73 Å². The maximum Gasteiger partial charge on any atom is 0.254 e. The van der Waals surface area contributed by atoms with Crippen molar-refractivity contribution >= 4 is 23.2 Å². The van der Waals surface area contributed by atoms with Crippen LogP contribution in [0.4, 0.5) is 10.1 Å². The molecule has 3 nitrogen and oxygen atoms in total. The van der Waals surface area contributed by atoms with E-state index in [0.29, 0.717) is 10.7 Å². The van der Waals surface area contributed by atoms with E-state index in [-0.39, 0.29) is 12.1 Å². The van der Waals surface area contributed by atoms with Crippen molar-refractivity contribution in [2.24, 2.45) is 0 Å². The maximum absolute atomic E-state index is 13.5. The van der Waals surface area contributed by atoms with Crippen LogP contribution in [-0.4, -0.2) is 5.91 Å². The molecule has 0 saturated heterocycles. The highest BCUT2D eigenvalue weighted by Gasteiger charge is 2.12. The molecular formula is C14H12ClFN2O. The number of carbonyl (C=O) groups excluding carboxylic acids is 1.